The summed E-state index contributed by atoms with van der Waals surface area (Å²) in [5, 5.41) is 20.1. The number of benzene rings is 1. The number of carbonyl (C=O) groups excluding carboxylic acids is 6. The van der Waals surface area contributed by atoms with E-state index < -0.39 is 29.9 Å². The molecule has 2 rings (SSSR count). The van der Waals surface area contributed by atoms with E-state index in [0.29, 0.717) is 36.9 Å². The van der Waals surface area contributed by atoms with Crippen LogP contribution in [0.15, 0.2) is 30.4 Å². The fourth-order valence-electron chi connectivity index (χ4n) is 4.40. The Morgan fingerprint density at radius 1 is 0.952 bits per heavy atom. The second kappa shape index (κ2) is 16.9. The minimum atomic E-state index is -0.965. The smallest absolute Gasteiger partial charge is 0.312 e. The van der Waals surface area contributed by atoms with Gasteiger partial charge in [-0.2, -0.15) is 0 Å². The summed E-state index contributed by atoms with van der Waals surface area (Å²) in [7, 11) is 0. The maximum atomic E-state index is 13.3. The highest BCUT2D eigenvalue weighted by Gasteiger charge is 2.29. The Balaban J connectivity index is 1.95. The average molecular weight is 587 g/mol. The SMILES string of the molecule is Cc1cc(CO)ccc1NC(=O)[C@H](CCCNC(N)=O)NC(=O)[C@@H](NC(=O)CCCCCN1C(=O)C=CC1=O)C(C)C. The van der Waals surface area contributed by atoms with Crippen molar-refractivity contribution in [2.45, 2.75) is 78.0 Å². The number of aliphatic hydroxyl groups excluding tert-OH is 1. The molecule has 0 bridgehead atoms. The van der Waals surface area contributed by atoms with Gasteiger partial charge in [-0.3, -0.25) is 28.9 Å². The van der Waals surface area contributed by atoms with E-state index in [4.69, 9.17) is 5.73 Å². The van der Waals surface area contributed by atoms with E-state index in [-0.39, 0.29) is 56.2 Å². The van der Waals surface area contributed by atoms with Gasteiger partial charge in [-0.1, -0.05) is 32.4 Å². The van der Waals surface area contributed by atoms with Gasteiger partial charge in [-0.25, -0.2) is 4.79 Å². The van der Waals surface area contributed by atoms with Crippen molar-refractivity contribution in [2.24, 2.45) is 11.7 Å². The number of anilines is 1. The van der Waals surface area contributed by atoms with E-state index in [9.17, 15) is 33.9 Å². The average Bonchev–Trinajstić information content (AvgIpc) is 3.25. The summed E-state index contributed by atoms with van der Waals surface area (Å²) in [4.78, 5) is 74.5. The molecule has 230 valence electrons. The van der Waals surface area contributed by atoms with Gasteiger partial charge in [0.05, 0.1) is 6.61 Å². The second-order valence-corrected chi connectivity index (χ2v) is 10.6. The van der Waals surface area contributed by atoms with E-state index in [2.05, 4.69) is 21.3 Å². The molecule has 13 heteroatoms. The van der Waals surface area contributed by atoms with Crippen molar-refractivity contribution in [3.8, 4) is 0 Å². The second-order valence-electron chi connectivity index (χ2n) is 10.6. The molecule has 0 saturated carbocycles. The zero-order chi connectivity index (χ0) is 31.2. The predicted molar refractivity (Wildman–Crippen MR) is 156 cm³/mol. The van der Waals surface area contributed by atoms with Gasteiger partial charge in [0.1, 0.15) is 12.1 Å². The molecule has 0 spiro atoms. The molecule has 1 aromatic carbocycles. The third-order valence-electron chi connectivity index (χ3n) is 6.78. The van der Waals surface area contributed by atoms with Crippen molar-refractivity contribution in [1.29, 1.82) is 0 Å². The summed E-state index contributed by atoms with van der Waals surface area (Å²) in [6.45, 7) is 5.70. The van der Waals surface area contributed by atoms with E-state index in [0.717, 1.165) is 10.5 Å². The van der Waals surface area contributed by atoms with Crippen LogP contribution >= 0.6 is 0 Å². The first kappa shape index (κ1) is 33.9. The number of amides is 7. The third-order valence-corrected chi connectivity index (χ3v) is 6.78. The molecule has 2 atom stereocenters. The highest BCUT2D eigenvalue weighted by atomic mass is 16.3. The number of carbonyl (C=O) groups is 6. The van der Waals surface area contributed by atoms with Crippen LogP contribution in [-0.2, 0) is 30.6 Å². The zero-order valence-electron chi connectivity index (χ0n) is 24.4. The lowest BCUT2D eigenvalue weighted by molar-refractivity contribution is -0.137. The molecule has 7 amide bonds. The van der Waals surface area contributed by atoms with E-state index >= 15 is 0 Å². The summed E-state index contributed by atoms with van der Waals surface area (Å²) in [6.07, 6.45) is 4.85. The minimum absolute atomic E-state index is 0.138. The molecule has 0 saturated heterocycles. The highest BCUT2D eigenvalue weighted by molar-refractivity contribution is 6.12. The Kier molecular flexibility index (Phi) is 13.6. The van der Waals surface area contributed by atoms with Crippen LogP contribution in [0.5, 0.6) is 0 Å². The van der Waals surface area contributed by atoms with Gasteiger partial charge in [-0.05, 0) is 55.7 Å². The van der Waals surface area contributed by atoms with Gasteiger partial charge < -0.3 is 32.1 Å². The highest BCUT2D eigenvalue weighted by Crippen LogP contribution is 2.18. The van der Waals surface area contributed by atoms with Crippen LogP contribution in [0, 0.1) is 12.8 Å². The molecule has 0 radical (unpaired) electrons. The van der Waals surface area contributed by atoms with Crippen molar-refractivity contribution in [2.75, 3.05) is 18.4 Å². The van der Waals surface area contributed by atoms with Gasteiger partial charge >= 0.3 is 6.03 Å². The summed E-state index contributed by atoms with van der Waals surface area (Å²) in [5.74, 6) is -2.27. The summed E-state index contributed by atoms with van der Waals surface area (Å²) < 4.78 is 0. The van der Waals surface area contributed by atoms with Crippen LogP contribution in [0.4, 0.5) is 10.5 Å². The van der Waals surface area contributed by atoms with Gasteiger partial charge in [-0.15, -0.1) is 0 Å². The Labute approximate surface area is 245 Å². The normalized spacial score (nSPS) is 14.1. The number of nitrogens with two attached hydrogens (primary N) is 1. The van der Waals surface area contributed by atoms with Gasteiger partial charge in [0, 0.05) is 37.3 Å². The predicted octanol–water partition coefficient (Wildman–Crippen LogP) is 0.985. The molecule has 42 heavy (non-hydrogen) atoms. The number of hydrogen-bond acceptors (Lipinski definition) is 7. The largest absolute Gasteiger partial charge is 0.392 e. The Morgan fingerprint density at radius 3 is 2.24 bits per heavy atom. The molecule has 0 fully saturated rings. The quantitative estimate of drug-likeness (QED) is 0.115. The monoisotopic (exact) mass is 586 g/mol. The Morgan fingerprint density at radius 2 is 1.64 bits per heavy atom. The molecule has 13 nitrogen and oxygen atoms in total. The van der Waals surface area contributed by atoms with Gasteiger partial charge in [0.25, 0.3) is 11.8 Å². The lowest BCUT2D eigenvalue weighted by Crippen LogP contribution is -2.54. The molecule has 1 heterocycles. The third kappa shape index (κ3) is 11.0. The van der Waals surface area contributed by atoms with Crippen molar-refractivity contribution >= 4 is 41.3 Å². The number of rotatable bonds is 17. The maximum Gasteiger partial charge on any atom is 0.312 e. The molecular formula is C29H42N6O7. The number of urea groups is 1. The molecule has 1 aromatic rings. The number of hydrogen-bond donors (Lipinski definition) is 6. The first-order valence-electron chi connectivity index (χ1n) is 14.1. The Bertz CT molecular complexity index is 1170. The number of nitrogens with one attached hydrogen (secondary N) is 4. The maximum absolute atomic E-state index is 13.3. The number of aliphatic hydroxyl groups is 1. The van der Waals surface area contributed by atoms with Crippen molar-refractivity contribution in [3.63, 3.8) is 0 Å². The van der Waals surface area contributed by atoms with Crippen molar-refractivity contribution < 1.29 is 33.9 Å². The van der Waals surface area contributed by atoms with E-state index in [1.54, 1.807) is 39.0 Å². The molecule has 0 aromatic heterocycles. The topological polar surface area (TPSA) is 200 Å². The Hall–Kier alpha value is -4.26. The minimum Gasteiger partial charge on any atom is -0.392 e. The zero-order valence-corrected chi connectivity index (χ0v) is 24.4. The number of nitrogens with zero attached hydrogens (tertiary/aromatic N) is 1. The number of primary amides is 1. The van der Waals surface area contributed by atoms with Crippen LogP contribution < -0.4 is 27.0 Å². The first-order valence-corrected chi connectivity index (χ1v) is 14.1. The van der Waals surface area contributed by atoms with Crippen LogP contribution in [0.3, 0.4) is 0 Å². The summed E-state index contributed by atoms with van der Waals surface area (Å²) in [5.41, 5.74) is 7.06. The number of imide groups is 1. The van der Waals surface area contributed by atoms with Crippen LogP contribution in [0.1, 0.15) is 63.5 Å². The molecular weight excluding hydrogens is 544 g/mol. The molecule has 7 N–H and O–H groups in total. The number of aryl methyl sites for hydroxylation is 1. The van der Waals surface area contributed by atoms with E-state index in [1.807, 2.05) is 0 Å². The van der Waals surface area contributed by atoms with Crippen molar-refractivity contribution in [1.82, 2.24) is 20.9 Å². The lowest BCUT2D eigenvalue weighted by Gasteiger charge is -2.25. The summed E-state index contributed by atoms with van der Waals surface area (Å²) in [6, 6.07) is 2.53. The lowest BCUT2D eigenvalue weighted by atomic mass is 10.0. The van der Waals surface area contributed by atoms with Gasteiger partial charge in [0.15, 0.2) is 0 Å². The molecule has 1 aliphatic rings. The van der Waals surface area contributed by atoms with Crippen LogP contribution in [-0.4, -0.2) is 70.7 Å². The van der Waals surface area contributed by atoms with Gasteiger partial charge in [0.2, 0.25) is 17.7 Å². The summed E-state index contributed by atoms with van der Waals surface area (Å²) >= 11 is 0. The fraction of sp³-hybridized carbons (Fsp3) is 0.517. The van der Waals surface area contributed by atoms with Crippen LogP contribution in [0.25, 0.3) is 0 Å². The molecule has 1 aliphatic heterocycles. The van der Waals surface area contributed by atoms with E-state index in [1.165, 1.54) is 12.2 Å². The van der Waals surface area contributed by atoms with Crippen molar-refractivity contribution in [3.05, 3.63) is 41.5 Å². The fourth-order valence-corrected chi connectivity index (χ4v) is 4.40. The molecule has 0 aliphatic carbocycles. The first-order chi connectivity index (χ1) is 19.9. The number of unbranched alkanes of at least 4 members (excludes halogenated alkanes) is 2. The van der Waals surface area contributed by atoms with Crippen LogP contribution in [0.2, 0.25) is 0 Å². The molecule has 0 unspecified atom stereocenters. The standard InChI is InChI=1S/C29H42N6O7/c1-18(2)26(34-23(37)9-5-4-6-15-35-24(38)12-13-25(35)39)28(41)33-22(8-7-14-31-29(30)42)27(40)32-21-11-10-20(17-36)16-19(21)3/h10-13,16,18,22,26,36H,4-9,14-15,17H2,1-3H3,(H,32,40)(H,33,41)(H,34,37)(H3,30,31,42)/t22-,26-/m0/s1.